The molecule has 0 aliphatic carbocycles. The number of aromatic nitrogens is 2. The first kappa shape index (κ1) is 14.7. The molecule has 1 amide bonds. The van der Waals surface area contributed by atoms with Gasteiger partial charge in [-0.15, -0.1) is 0 Å². The van der Waals surface area contributed by atoms with E-state index in [-0.39, 0.29) is 12.5 Å². The topological polar surface area (TPSA) is 88.2 Å². The first-order valence-corrected chi connectivity index (χ1v) is 7.72. The Bertz CT molecular complexity index is 811. The van der Waals surface area contributed by atoms with E-state index in [1.165, 1.54) is 11.3 Å². The summed E-state index contributed by atoms with van der Waals surface area (Å²) in [6, 6.07) is 3.53. The minimum Gasteiger partial charge on any atom is -0.387 e. The van der Waals surface area contributed by atoms with E-state index in [0.29, 0.717) is 28.1 Å². The molecule has 1 unspecified atom stereocenters. The zero-order chi connectivity index (χ0) is 15.7. The van der Waals surface area contributed by atoms with Crippen LogP contribution in [0.2, 0.25) is 0 Å². The second-order valence-electron chi connectivity index (χ2n) is 5.04. The van der Waals surface area contributed by atoms with E-state index in [0.717, 1.165) is 5.56 Å². The van der Waals surface area contributed by atoms with E-state index in [9.17, 15) is 9.90 Å². The van der Waals surface area contributed by atoms with Crippen LogP contribution in [0.4, 0.5) is 0 Å². The number of thiophene rings is 1. The lowest BCUT2D eigenvalue weighted by molar-refractivity contribution is 0.0918. The van der Waals surface area contributed by atoms with Gasteiger partial charge in [0.15, 0.2) is 0 Å². The van der Waals surface area contributed by atoms with Gasteiger partial charge >= 0.3 is 0 Å². The maximum Gasteiger partial charge on any atom is 0.258 e. The Hall–Kier alpha value is -2.25. The number of aliphatic hydroxyl groups excluding tert-OH is 1. The number of aryl methyl sites for hydroxylation is 2. The van der Waals surface area contributed by atoms with E-state index in [4.69, 9.17) is 4.52 Å². The average molecular weight is 317 g/mol. The standard InChI is InChI=1S/C15H15N3O3S/c1-8-5-11(13-9(2)18-21-15(13)17-8)14(20)16-6-12(19)10-3-4-22-7-10/h3-5,7,12,19H,6H2,1-2H3,(H,16,20). The quantitative estimate of drug-likeness (QED) is 0.771. The highest BCUT2D eigenvalue weighted by Crippen LogP contribution is 2.22. The minimum absolute atomic E-state index is 0.142. The molecule has 1 atom stereocenters. The highest BCUT2D eigenvalue weighted by atomic mass is 32.1. The van der Waals surface area contributed by atoms with Crippen molar-refractivity contribution in [1.29, 1.82) is 0 Å². The Morgan fingerprint density at radius 1 is 1.50 bits per heavy atom. The second-order valence-corrected chi connectivity index (χ2v) is 5.82. The van der Waals surface area contributed by atoms with Gasteiger partial charge in [-0.05, 0) is 42.3 Å². The van der Waals surface area contributed by atoms with Gasteiger partial charge in [0.05, 0.1) is 22.7 Å². The molecule has 0 saturated carbocycles. The first-order chi connectivity index (χ1) is 10.6. The molecule has 7 heteroatoms. The largest absolute Gasteiger partial charge is 0.387 e. The number of fused-ring (bicyclic) bond motifs is 1. The van der Waals surface area contributed by atoms with Gasteiger partial charge in [-0.2, -0.15) is 11.3 Å². The van der Waals surface area contributed by atoms with Crippen LogP contribution >= 0.6 is 11.3 Å². The number of nitrogens with one attached hydrogen (secondary N) is 1. The summed E-state index contributed by atoms with van der Waals surface area (Å²) in [5, 5.41) is 21.0. The average Bonchev–Trinajstić information content (AvgIpc) is 3.14. The normalized spacial score (nSPS) is 12.5. The van der Waals surface area contributed by atoms with Gasteiger partial charge in [0, 0.05) is 12.2 Å². The number of rotatable bonds is 4. The van der Waals surface area contributed by atoms with Crippen molar-refractivity contribution in [2.75, 3.05) is 6.54 Å². The molecule has 0 aromatic carbocycles. The summed E-state index contributed by atoms with van der Waals surface area (Å²) >= 11 is 1.50. The maximum atomic E-state index is 12.4. The van der Waals surface area contributed by atoms with Crippen molar-refractivity contribution in [2.45, 2.75) is 20.0 Å². The first-order valence-electron chi connectivity index (χ1n) is 6.78. The zero-order valence-corrected chi connectivity index (χ0v) is 13.0. The van der Waals surface area contributed by atoms with Crippen molar-refractivity contribution < 1.29 is 14.4 Å². The van der Waals surface area contributed by atoms with Crippen molar-refractivity contribution in [1.82, 2.24) is 15.5 Å². The number of hydrogen-bond donors (Lipinski definition) is 2. The fourth-order valence-electron chi connectivity index (χ4n) is 2.26. The van der Waals surface area contributed by atoms with Crippen molar-refractivity contribution in [2.24, 2.45) is 0 Å². The smallest absolute Gasteiger partial charge is 0.258 e. The molecule has 0 spiro atoms. The van der Waals surface area contributed by atoms with Crippen LogP contribution in [0.25, 0.3) is 11.1 Å². The van der Waals surface area contributed by atoms with Crippen LogP contribution in [-0.2, 0) is 0 Å². The number of carbonyl (C=O) groups is 1. The lowest BCUT2D eigenvalue weighted by Gasteiger charge is -2.11. The lowest BCUT2D eigenvalue weighted by Crippen LogP contribution is -2.28. The summed E-state index contributed by atoms with van der Waals surface area (Å²) < 4.78 is 5.12. The van der Waals surface area contributed by atoms with Gasteiger partial charge in [-0.3, -0.25) is 4.79 Å². The number of amides is 1. The molecule has 0 saturated heterocycles. The molecule has 0 bridgehead atoms. The minimum atomic E-state index is -0.725. The van der Waals surface area contributed by atoms with Crippen molar-refractivity contribution in [3.8, 4) is 0 Å². The van der Waals surface area contributed by atoms with Gasteiger partial charge in [0.2, 0.25) is 0 Å². The van der Waals surface area contributed by atoms with Gasteiger partial charge < -0.3 is 14.9 Å². The summed E-state index contributed by atoms with van der Waals surface area (Å²) in [6.07, 6.45) is -0.725. The number of carbonyl (C=O) groups excluding carboxylic acids is 1. The Morgan fingerprint density at radius 3 is 3.05 bits per heavy atom. The lowest BCUT2D eigenvalue weighted by atomic mass is 10.1. The van der Waals surface area contributed by atoms with E-state index in [1.807, 2.05) is 16.8 Å². The van der Waals surface area contributed by atoms with Crippen LogP contribution < -0.4 is 5.32 Å². The highest BCUT2D eigenvalue weighted by Gasteiger charge is 2.18. The molecule has 3 aromatic rings. The van der Waals surface area contributed by atoms with Crippen LogP contribution in [0.15, 0.2) is 27.4 Å². The maximum absolute atomic E-state index is 12.4. The third-order valence-electron chi connectivity index (χ3n) is 3.37. The molecule has 6 nitrogen and oxygen atoms in total. The molecule has 2 N–H and O–H groups in total. The van der Waals surface area contributed by atoms with Gasteiger partial charge in [0.25, 0.3) is 11.6 Å². The predicted molar refractivity (Wildman–Crippen MR) is 82.9 cm³/mol. The van der Waals surface area contributed by atoms with Crippen LogP contribution in [-0.4, -0.2) is 27.7 Å². The van der Waals surface area contributed by atoms with E-state index in [2.05, 4.69) is 15.5 Å². The summed E-state index contributed by atoms with van der Waals surface area (Å²) in [5.74, 6) is -0.281. The molecule has 114 valence electrons. The molecule has 0 fully saturated rings. The third-order valence-corrected chi connectivity index (χ3v) is 4.08. The van der Waals surface area contributed by atoms with E-state index >= 15 is 0 Å². The van der Waals surface area contributed by atoms with Crippen LogP contribution in [0, 0.1) is 13.8 Å². The molecule has 3 heterocycles. The molecule has 3 aromatic heterocycles. The number of pyridine rings is 1. The van der Waals surface area contributed by atoms with Crippen LogP contribution in [0.3, 0.4) is 0 Å². The SMILES string of the molecule is Cc1cc(C(=O)NCC(O)c2ccsc2)c2c(C)noc2n1. The van der Waals surface area contributed by atoms with Crippen LogP contribution in [0.5, 0.6) is 0 Å². The summed E-state index contributed by atoms with van der Waals surface area (Å²) in [4.78, 5) is 16.6. The molecule has 3 rings (SSSR count). The number of aliphatic hydroxyl groups is 1. The zero-order valence-electron chi connectivity index (χ0n) is 12.2. The molecular weight excluding hydrogens is 302 g/mol. The predicted octanol–water partition coefficient (Wildman–Crippen LogP) is 2.36. The molecule has 0 aliphatic heterocycles. The molecule has 22 heavy (non-hydrogen) atoms. The van der Waals surface area contributed by atoms with Gasteiger partial charge in [0.1, 0.15) is 0 Å². The second kappa shape index (κ2) is 5.86. The van der Waals surface area contributed by atoms with Crippen molar-refractivity contribution >= 4 is 28.3 Å². The summed E-state index contributed by atoms with van der Waals surface area (Å²) in [6.45, 7) is 3.69. The Morgan fingerprint density at radius 2 is 2.32 bits per heavy atom. The number of nitrogens with zero attached hydrogens (tertiary/aromatic N) is 2. The Kier molecular flexibility index (Phi) is 3.91. The summed E-state index contributed by atoms with van der Waals surface area (Å²) in [7, 11) is 0. The van der Waals surface area contributed by atoms with E-state index < -0.39 is 6.10 Å². The Balaban J connectivity index is 1.82. The van der Waals surface area contributed by atoms with Crippen LogP contribution in [0.1, 0.15) is 33.4 Å². The Labute approximate surface area is 130 Å². The number of hydrogen-bond acceptors (Lipinski definition) is 6. The third kappa shape index (κ3) is 2.72. The van der Waals surface area contributed by atoms with Gasteiger partial charge in [-0.1, -0.05) is 5.16 Å². The molecule has 0 radical (unpaired) electrons. The van der Waals surface area contributed by atoms with Crippen molar-refractivity contribution in [3.05, 3.63) is 45.4 Å². The molecule has 0 aliphatic rings. The molecular formula is C15H15N3O3S. The van der Waals surface area contributed by atoms with Crippen molar-refractivity contribution in [3.63, 3.8) is 0 Å². The highest BCUT2D eigenvalue weighted by molar-refractivity contribution is 7.07. The fraction of sp³-hybridized carbons (Fsp3) is 0.267. The van der Waals surface area contributed by atoms with Gasteiger partial charge in [-0.25, -0.2) is 4.98 Å². The monoisotopic (exact) mass is 317 g/mol. The summed E-state index contributed by atoms with van der Waals surface area (Å²) in [5.41, 5.74) is 2.89. The fourth-order valence-corrected chi connectivity index (χ4v) is 2.97. The van der Waals surface area contributed by atoms with E-state index in [1.54, 1.807) is 19.9 Å².